The fraction of sp³-hybridized carbons (Fsp3) is 0.0625. The van der Waals surface area contributed by atoms with Crippen molar-refractivity contribution in [2.24, 2.45) is 0 Å². The Hall–Kier alpha value is -2.54. The summed E-state index contributed by atoms with van der Waals surface area (Å²) in [7, 11) is -4.00. The number of aromatic nitrogens is 1. The number of nitrogens with zero attached hydrogens (tertiary/aromatic N) is 1. The van der Waals surface area contributed by atoms with E-state index in [9.17, 15) is 17.2 Å². The molecule has 2 aromatic carbocycles. The Balaban J connectivity index is 2.20. The molecule has 0 saturated heterocycles. The number of pyridine rings is 1. The molecule has 0 bridgehead atoms. The highest BCUT2D eigenvalue weighted by molar-refractivity contribution is 7.93. The average Bonchev–Trinajstić information content (AvgIpc) is 2.51. The van der Waals surface area contributed by atoms with Crippen LogP contribution in [-0.2, 0) is 10.0 Å². The maximum atomic E-state index is 13.7. The van der Waals surface area contributed by atoms with E-state index in [0.29, 0.717) is 17.1 Å². The van der Waals surface area contributed by atoms with Crippen molar-refractivity contribution in [1.82, 2.24) is 4.98 Å². The van der Waals surface area contributed by atoms with E-state index in [-0.39, 0.29) is 16.1 Å². The molecule has 4 nitrogen and oxygen atoms in total. The standard InChI is InChI=1S/C16H10F2N2O2S/c1-8-5-11-10-6-12(17)13(18)7-14(10)23(21,22)20-16(11)15-9(8)3-2-4-19-15/h2-7,20H,1H3. The van der Waals surface area contributed by atoms with Gasteiger partial charge < -0.3 is 0 Å². The number of rotatable bonds is 0. The highest BCUT2D eigenvalue weighted by atomic mass is 32.2. The lowest BCUT2D eigenvalue weighted by molar-refractivity contribution is 0.505. The number of benzene rings is 2. The molecule has 0 atom stereocenters. The molecule has 23 heavy (non-hydrogen) atoms. The van der Waals surface area contributed by atoms with Crippen LogP contribution in [0, 0.1) is 18.6 Å². The van der Waals surface area contributed by atoms with Gasteiger partial charge in [0.15, 0.2) is 11.6 Å². The average molecular weight is 332 g/mol. The molecular formula is C16H10F2N2O2S. The van der Waals surface area contributed by atoms with Crippen LogP contribution in [-0.4, -0.2) is 13.4 Å². The first kappa shape index (κ1) is 14.1. The van der Waals surface area contributed by atoms with Crippen LogP contribution in [0.2, 0.25) is 0 Å². The number of halogens is 2. The molecule has 2 heterocycles. The van der Waals surface area contributed by atoms with E-state index in [2.05, 4.69) is 9.71 Å². The number of anilines is 1. The van der Waals surface area contributed by atoms with Crippen molar-refractivity contribution >= 4 is 26.6 Å². The molecule has 0 radical (unpaired) electrons. The number of sulfonamides is 1. The van der Waals surface area contributed by atoms with Gasteiger partial charge in [-0.3, -0.25) is 9.71 Å². The van der Waals surface area contributed by atoms with Crippen LogP contribution in [0.4, 0.5) is 14.5 Å². The van der Waals surface area contributed by atoms with Gasteiger partial charge in [0.2, 0.25) is 0 Å². The lowest BCUT2D eigenvalue weighted by Gasteiger charge is -2.23. The maximum absolute atomic E-state index is 13.7. The summed E-state index contributed by atoms with van der Waals surface area (Å²) in [5.74, 6) is -2.29. The van der Waals surface area contributed by atoms with Crippen LogP contribution in [0.15, 0.2) is 41.4 Å². The highest BCUT2D eigenvalue weighted by Gasteiger charge is 2.31. The Kier molecular flexibility index (Phi) is 2.74. The van der Waals surface area contributed by atoms with Gasteiger partial charge in [0.05, 0.1) is 16.1 Å². The minimum Gasteiger partial charge on any atom is -0.277 e. The van der Waals surface area contributed by atoms with Crippen LogP contribution in [0.5, 0.6) is 0 Å². The zero-order valence-corrected chi connectivity index (χ0v) is 12.7. The van der Waals surface area contributed by atoms with Gasteiger partial charge in [0.1, 0.15) is 0 Å². The van der Waals surface area contributed by atoms with Crippen molar-refractivity contribution in [2.45, 2.75) is 11.8 Å². The largest absolute Gasteiger partial charge is 0.277 e. The summed E-state index contributed by atoms with van der Waals surface area (Å²) in [5.41, 5.74) is 2.24. The van der Waals surface area contributed by atoms with E-state index in [4.69, 9.17) is 0 Å². The molecule has 0 aliphatic carbocycles. The Morgan fingerprint density at radius 1 is 1.09 bits per heavy atom. The van der Waals surface area contributed by atoms with Crippen LogP contribution in [0.3, 0.4) is 0 Å². The number of hydrogen-bond donors (Lipinski definition) is 1. The maximum Gasteiger partial charge on any atom is 0.262 e. The molecule has 1 aliphatic rings. The fourth-order valence-electron chi connectivity index (χ4n) is 2.88. The number of aryl methyl sites for hydroxylation is 1. The Bertz CT molecular complexity index is 1090. The normalized spacial score (nSPS) is 14.9. The molecule has 0 spiro atoms. The second-order valence-electron chi connectivity index (χ2n) is 5.38. The first-order valence-corrected chi connectivity index (χ1v) is 8.27. The molecule has 1 aromatic heterocycles. The quantitative estimate of drug-likeness (QED) is 0.684. The smallest absolute Gasteiger partial charge is 0.262 e. The van der Waals surface area contributed by atoms with Crippen molar-refractivity contribution < 1.29 is 17.2 Å². The third kappa shape index (κ3) is 1.93. The van der Waals surface area contributed by atoms with Crippen LogP contribution in [0.1, 0.15) is 5.56 Å². The number of hydrogen-bond acceptors (Lipinski definition) is 3. The van der Waals surface area contributed by atoms with Crippen molar-refractivity contribution in [1.29, 1.82) is 0 Å². The summed E-state index contributed by atoms with van der Waals surface area (Å²) < 4.78 is 54.4. The van der Waals surface area contributed by atoms with E-state index in [1.807, 2.05) is 13.0 Å². The summed E-state index contributed by atoms with van der Waals surface area (Å²) in [4.78, 5) is 3.96. The third-order valence-electron chi connectivity index (χ3n) is 3.94. The summed E-state index contributed by atoms with van der Waals surface area (Å²) in [6.07, 6.45) is 1.55. The van der Waals surface area contributed by atoms with E-state index >= 15 is 0 Å². The summed E-state index contributed by atoms with van der Waals surface area (Å²) in [5, 5.41) is 0.792. The van der Waals surface area contributed by atoms with E-state index < -0.39 is 21.7 Å². The molecule has 0 amide bonds. The topological polar surface area (TPSA) is 59.1 Å². The van der Waals surface area contributed by atoms with E-state index in [0.717, 1.165) is 17.0 Å². The molecular weight excluding hydrogens is 322 g/mol. The predicted molar refractivity (Wildman–Crippen MR) is 82.6 cm³/mol. The first-order valence-electron chi connectivity index (χ1n) is 6.79. The van der Waals surface area contributed by atoms with Gasteiger partial charge in [-0.2, -0.15) is 0 Å². The second-order valence-corrected chi connectivity index (χ2v) is 7.03. The third-order valence-corrected chi connectivity index (χ3v) is 5.33. The molecule has 7 heteroatoms. The van der Waals surface area contributed by atoms with Crippen LogP contribution < -0.4 is 4.72 Å². The van der Waals surface area contributed by atoms with Crippen molar-refractivity contribution in [3.05, 3.63) is 53.7 Å². The zero-order chi connectivity index (χ0) is 16.4. The molecule has 116 valence electrons. The molecule has 0 saturated carbocycles. The minimum absolute atomic E-state index is 0.133. The molecule has 0 unspecified atom stereocenters. The number of nitrogens with one attached hydrogen (secondary N) is 1. The van der Waals surface area contributed by atoms with Crippen LogP contribution in [0.25, 0.3) is 22.0 Å². The Labute approximate surface area is 130 Å². The SMILES string of the molecule is Cc1cc2c(c3ncccc13)NS(=O)(=O)c1cc(F)c(F)cc1-2. The highest BCUT2D eigenvalue weighted by Crippen LogP contribution is 2.43. The van der Waals surface area contributed by atoms with Gasteiger partial charge in [-0.25, -0.2) is 17.2 Å². The van der Waals surface area contributed by atoms with Gasteiger partial charge in [0.25, 0.3) is 10.0 Å². The zero-order valence-electron chi connectivity index (χ0n) is 11.9. The Morgan fingerprint density at radius 2 is 1.83 bits per heavy atom. The summed E-state index contributed by atoms with van der Waals surface area (Å²) in [6.45, 7) is 1.85. The predicted octanol–water partition coefficient (Wildman–Crippen LogP) is 3.60. The first-order chi connectivity index (χ1) is 10.9. The van der Waals surface area contributed by atoms with E-state index in [1.54, 1.807) is 18.3 Å². The van der Waals surface area contributed by atoms with Crippen LogP contribution >= 0.6 is 0 Å². The molecule has 4 rings (SSSR count). The van der Waals surface area contributed by atoms with E-state index in [1.165, 1.54) is 0 Å². The summed E-state index contributed by atoms with van der Waals surface area (Å²) in [6, 6.07) is 6.94. The fourth-order valence-corrected chi connectivity index (χ4v) is 4.19. The van der Waals surface area contributed by atoms with Gasteiger partial charge >= 0.3 is 0 Å². The number of fused-ring (bicyclic) bond motifs is 5. The minimum atomic E-state index is -4.00. The molecule has 1 N–H and O–H groups in total. The van der Waals surface area contributed by atoms with Gasteiger partial charge in [-0.15, -0.1) is 0 Å². The molecule has 3 aromatic rings. The van der Waals surface area contributed by atoms with Crippen molar-refractivity contribution in [3.63, 3.8) is 0 Å². The Morgan fingerprint density at radius 3 is 2.61 bits per heavy atom. The van der Waals surface area contributed by atoms with Crippen molar-refractivity contribution in [2.75, 3.05) is 4.72 Å². The lowest BCUT2D eigenvalue weighted by atomic mass is 9.97. The summed E-state index contributed by atoms with van der Waals surface area (Å²) >= 11 is 0. The monoisotopic (exact) mass is 332 g/mol. The molecule has 1 aliphatic heterocycles. The van der Waals surface area contributed by atoms with Gasteiger partial charge in [-0.1, -0.05) is 6.07 Å². The molecule has 0 fully saturated rings. The lowest BCUT2D eigenvalue weighted by Crippen LogP contribution is -2.20. The van der Waals surface area contributed by atoms with Gasteiger partial charge in [-0.05, 0) is 36.8 Å². The van der Waals surface area contributed by atoms with Gasteiger partial charge in [0, 0.05) is 22.7 Å². The second kappa shape index (κ2) is 4.48. The van der Waals surface area contributed by atoms with Crippen molar-refractivity contribution in [3.8, 4) is 11.1 Å².